The number of aryl methyl sites for hydroxylation is 1. The molecule has 0 saturated carbocycles. The second-order valence-electron chi connectivity index (χ2n) is 7.52. The molecule has 1 aromatic carbocycles. The molecule has 0 aliphatic heterocycles. The smallest absolute Gasteiger partial charge is 0.158 e. The van der Waals surface area contributed by atoms with Gasteiger partial charge in [0.05, 0.1) is 11.9 Å². The normalized spacial score (nSPS) is 11.6. The van der Waals surface area contributed by atoms with E-state index in [2.05, 4.69) is 78.3 Å². The Morgan fingerprint density at radius 1 is 1.14 bits per heavy atom. The molecular weight excluding hydrogens is 364 g/mol. The van der Waals surface area contributed by atoms with Crippen LogP contribution in [0.4, 0.5) is 0 Å². The van der Waals surface area contributed by atoms with E-state index in [1.165, 1.54) is 22.3 Å². The molecule has 0 fully saturated rings. The predicted octanol–water partition coefficient (Wildman–Crippen LogP) is 5.38. The Morgan fingerprint density at radius 3 is 2.68 bits per heavy atom. The summed E-state index contributed by atoms with van der Waals surface area (Å²) >= 11 is 1.70. The molecule has 5 heteroatoms. The quantitative estimate of drug-likeness (QED) is 0.431. The summed E-state index contributed by atoms with van der Waals surface area (Å²) in [4.78, 5) is 5.01. The molecule has 0 bridgehead atoms. The monoisotopic (exact) mass is 390 g/mol. The maximum Gasteiger partial charge on any atom is 0.158 e. The number of aromatic nitrogens is 3. The van der Waals surface area contributed by atoms with Crippen LogP contribution in [-0.2, 0) is 13.0 Å². The highest BCUT2D eigenvalue weighted by Crippen LogP contribution is 2.28. The molecule has 0 aliphatic rings. The first-order valence-corrected chi connectivity index (χ1v) is 10.7. The summed E-state index contributed by atoms with van der Waals surface area (Å²) in [7, 11) is 0. The molecule has 28 heavy (non-hydrogen) atoms. The van der Waals surface area contributed by atoms with Crippen molar-refractivity contribution in [2.24, 2.45) is 0 Å². The van der Waals surface area contributed by atoms with Gasteiger partial charge in [-0.05, 0) is 62.4 Å². The second kappa shape index (κ2) is 8.25. The molecule has 0 unspecified atom stereocenters. The Bertz CT molecular complexity index is 1050. The van der Waals surface area contributed by atoms with Crippen LogP contribution >= 0.6 is 11.3 Å². The highest BCUT2D eigenvalue weighted by Gasteiger charge is 2.14. The number of hydrogen-bond donors (Lipinski definition) is 1. The lowest BCUT2D eigenvalue weighted by Gasteiger charge is -2.12. The van der Waals surface area contributed by atoms with E-state index in [0.717, 1.165) is 36.2 Å². The number of nitrogens with zero attached hydrogens (tertiary/aromatic N) is 3. The van der Waals surface area contributed by atoms with Crippen LogP contribution in [-0.4, -0.2) is 21.3 Å². The third-order valence-corrected chi connectivity index (χ3v) is 5.64. The standard InChI is InChI=1S/C23H26N4S/c1-16(2)27-23-21(14-25-27)12-20(22(26-23)19-9-11-28-15-19)13-24-10-8-18-6-4-17(3)5-7-18/h4-7,9,11-12,14-16,24H,8,10,13H2,1-3H3. The van der Waals surface area contributed by atoms with Gasteiger partial charge in [-0.2, -0.15) is 16.4 Å². The Morgan fingerprint density at radius 2 is 1.96 bits per heavy atom. The molecule has 0 spiro atoms. The van der Waals surface area contributed by atoms with Crippen LogP contribution in [0, 0.1) is 6.92 Å². The van der Waals surface area contributed by atoms with Crippen molar-refractivity contribution in [3.8, 4) is 11.3 Å². The van der Waals surface area contributed by atoms with Gasteiger partial charge in [0.25, 0.3) is 0 Å². The fourth-order valence-corrected chi connectivity index (χ4v) is 4.03. The van der Waals surface area contributed by atoms with Crippen molar-refractivity contribution in [2.45, 2.75) is 39.8 Å². The lowest BCUT2D eigenvalue weighted by Crippen LogP contribution is -2.17. The van der Waals surface area contributed by atoms with Crippen molar-refractivity contribution in [3.05, 3.63) is 70.0 Å². The molecule has 0 aliphatic carbocycles. The van der Waals surface area contributed by atoms with Gasteiger partial charge >= 0.3 is 0 Å². The number of pyridine rings is 1. The number of nitrogens with one attached hydrogen (secondary N) is 1. The number of hydrogen-bond acceptors (Lipinski definition) is 4. The van der Waals surface area contributed by atoms with E-state index in [4.69, 9.17) is 4.98 Å². The molecule has 0 radical (unpaired) electrons. The Kier molecular flexibility index (Phi) is 5.55. The van der Waals surface area contributed by atoms with Crippen LogP contribution in [0.1, 0.15) is 36.6 Å². The Balaban J connectivity index is 1.55. The minimum atomic E-state index is 0.291. The molecule has 144 valence electrons. The van der Waals surface area contributed by atoms with Crippen molar-refractivity contribution < 1.29 is 0 Å². The molecule has 4 rings (SSSR count). The van der Waals surface area contributed by atoms with E-state index < -0.39 is 0 Å². The van der Waals surface area contributed by atoms with Gasteiger partial charge in [-0.15, -0.1) is 0 Å². The Hall–Kier alpha value is -2.50. The third kappa shape index (κ3) is 4.01. The zero-order valence-corrected chi connectivity index (χ0v) is 17.5. The van der Waals surface area contributed by atoms with Gasteiger partial charge in [-0.1, -0.05) is 29.8 Å². The van der Waals surface area contributed by atoms with Crippen LogP contribution in [0.3, 0.4) is 0 Å². The molecule has 1 N–H and O–H groups in total. The van der Waals surface area contributed by atoms with Crippen molar-refractivity contribution >= 4 is 22.4 Å². The highest BCUT2D eigenvalue weighted by atomic mass is 32.1. The van der Waals surface area contributed by atoms with Crippen molar-refractivity contribution in [2.75, 3.05) is 6.54 Å². The molecule has 4 aromatic rings. The number of rotatable bonds is 7. The van der Waals surface area contributed by atoms with Gasteiger partial charge in [-0.3, -0.25) is 0 Å². The van der Waals surface area contributed by atoms with E-state index in [0.29, 0.717) is 6.04 Å². The maximum absolute atomic E-state index is 5.01. The summed E-state index contributed by atoms with van der Waals surface area (Å²) < 4.78 is 2.00. The van der Waals surface area contributed by atoms with Gasteiger partial charge in [0.2, 0.25) is 0 Å². The maximum atomic E-state index is 5.01. The minimum Gasteiger partial charge on any atom is -0.312 e. The van der Waals surface area contributed by atoms with Crippen molar-refractivity contribution in [1.82, 2.24) is 20.1 Å². The van der Waals surface area contributed by atoms with E-state index in [1.807, 2.05) is 10.9 Å². The largest absolute Gasteiger partial charge is 0.312 e. The summed E-state index contributed by atoms with van der Waals surface area (Å²) in [5.74, 6) is 0. The average Bonchev–Trinajstić information content (AvgIpc) is 3.35. The zero-order valence-electron chi connectivity index (χ0n) is 16.6. The van der Waals surface area contributed by atoms with Crippen molar-refractivity contribution in [3.63, 3.8) is 0 Å². The van der Waals surface area contributed by atoms with Gasteiger partial charge in [0.1, 0.15) is 0 Å². The first kappa shape index (κ1) is 18.8. The van der Waals surface area contributed by atoms with Crippen LogP contribution in [0.15, 0.2) is 53.4 Å². The topological polar surface area (TPSA) is 42.7 Å². The van der Waals surface area contributed by atoms with Crippen LogP contribution < -0.4 is 5.32 Å². The highest BCUT2D eigenvalue weighted by molar-refractivity contribution is 7.08. The molecule has 0 amide bonds. The van der Waals surface area contributed by atoms with Gasteiger partial charge in [0.15, 0.2) is 5.65 Å². The predicted molar refractivity (Wildman–Crippen MR) is 118 cm³/mol. The molecule has 0 saturated heterocycles. The Labute approximate surface area is 170 Å². The fraction of sp³-hybridized carbons (Fsp3) is 0.304. The summed E-state index contributed by atoms with van der Waals surface area (Å²) in [6, 6.07) is 13.4. The fourth-order valence-electron chi connectivity index (χ4n) is 3.39. The summed E-state index contributed by atoms with van der Waals surface area (Å²) in [5, 5.41) is 13.5. The number of fused-ring (bicyclic) bond motifs is 1. The zero-order chi connectivity index (χ0) is 19.5. The average molecular weight is 391 g/mol. The second-order valence-corrected chi connectivity index (χ2v) is 8.30. The summed E-state index contributed by atoms with van der Waals surface area (Å²) in [6.45, 7) is 8.14. The van der Waals surface area contributed by atoms with Gasteiger partial charge < -0.3 is 5.32 Å². The molecule has 0 atom stereocenters. The van der Waals surface area contributed by atoms with E-state index in [1.54, 1.807) is 11.3 Å². The van der Waals surface area contributed by atoms with E-state index in [9.17, 15) is 0 Å². The van der Waals surface area contributed by atoms with Crippen LogP contribution in [0.5, 0.6) is 0 Å². The lowest BCUT2D eigenvalue weighted by atomic mass is 10.1. The summed E-state index contributed by atoms with van der Waals surface area (Å²) in [6.07, 6.45) is 2.95. The van der Waals surface area contributed by atoms with E-state index >= 15 is 0 Å². The number of thiophene rings is 1. The summed E-state index contributed by atoms with van der Waals surface area (Å²) in [5.41, 5.74) is 7.08. The molecule has 3 heterocycles. The SMILES string of the molecule is Cc1ccc(CCNCc2cc3cnn(C(C)C)c3nc2-c2ccsc2)cc1. The van der Waals surface area contributed by atoms with E-state index in [-0.39, 0.29) is 0 Å². The number of benzene rings is 1. The van der Waals surface area contributed by atoms with Crippen molar-refractivity contribution in [1.29, 1.82) is 0 Å². The van der Waals surface area contributed by atoms with Gasteiger partial charge in [0, 0.05) is 28.9 Å². The molecule has 4 nitrogen and oxygen atoms in total. The minimum absolute atomic E-state index is 0.291. The third-order valence-electron chi connectivity index (χ3n) is 4.96. The first-order chi connectivity index (χ1) is 13.6. The van der Waals surface area contributed by atoms with Crippen LogP contribution in [0.2, 0.25) is 0 Å². The lowest BCUT2D eigenvalue weighted by molar-refractivity contribution is 0.546. The van der Waals surface area contributed by atoms with Crippen LogP contribution in [0.25, 0.3) is 22.3 Å². The molecule has 3 aromatic heterocycles. The molecular formula is C23H26N4S. The van der Waals surface area contributed by atoms with Gasteiger partial charge in [-0.25, -0.2) is 9.67 Å². The first-order valence-electron chi connectivity index (χ1n) is 9.78.